The van der Waals surface area contributed by atoms with Crippen LogP contribution in [-0.2, 0) is 11.2 Å². The number of nitrogens with zero attached hydrogens (tertiary/aromatic N) is 2. The zero-order valence-corrected chi connectivity index (χ0v) is 12.7. The molecule has 8 heteroatoms. The summed E-state index contributed by atoms with van der Waals surface area (Å²) in [6.45, 7) is 0. The lowest BCUT2D eigenvalue weighted by molar-refractivity contribution is -0.385. The molecule has 1 aliphatic rings. The van der Waals surface area contributed by atoms with Gasteiger partial charge in [-0.2, -0.15) is 0 Å². The molecule has 2 amide bonds. The molecule has 126 valence electrons. The Hall–Kier alpha value is -3.55. The topological polar surface area (TPSA) is 121 Å². The number of aliphatic carboxylic acids is 1. The number of fused-ring (bicyclic) bond motifs is 1. The molecule has 0 aliphatic carbocycles. The maximum Gasteiger partial charge on any atom is 0.282 e. The van der Waals surface area contributed by atoms with Crippen molar-refractivity contribution in [3.8, 4) is 0 Å². The van der Waals surface area contributed by atoms with Crippen LogP contribution in [0, 0.1) is 10.1 Å². The second kappa shape index (κ2) is 6.16. The Bertz CT molecular complexity index is 893. The van der Waals surface area contributed by atoms with Crippen LogP contribution in [0.15, 0.2) is 48.5 Å². The van der Waals surface area contributed by atoms with Gasteiger partial charge in [0, 0.05) is 6.07 Å². The van der Waals surface area contributed by atoms with E-state index in [9.17, 15) is 29.6 Å². The number of nitro groups is 1. The number of benzene rings is 2. The molecule has 3 rings (SSSR count). The van der Waals surface area contributed by atoms with Gasteiger partial charge in [-0.15, -0.1) is 0 Å². The SMILES string of the molecule is O=C([O-])C(Cc1ccccc1)N1C(=O)c2cccc([N+](=O)[O-])c2C1=O. The molecular formula is C17H11N2O6-. The van der Waals surface area contributed by atoms with E-state index >= 15 is 0 Å². The Morgan fingerprint density at radius 1 is 1.04 bits per heavy atom. The van der Waals surface area contributed by atoms with Crippen molar-refractivity contribution in [1.82, 2.24) is 4.90 Å². The summed E-state index contributed by atoms with van der Waals surface area (Å²) >= 11 is 0. The number of nitro benzene ring substituents is 1. The first kappa shape index (κ1) is 16.3. The van der Waals surface area contributed by atoms with Gasteiger partial charge in [-0.1, -0.05) is 36.4 Å². The molecule has 0 N–H and O–H groups in total. The first-order valence-corrected chi connectivity index (χ1v) is 7.32. The Labute approximate surface area is 141 Å². The molecule has 25 heavy (non-hydrogen) atoms. The summed E-state index contributed by atoms with van der Waals surface area (Å²) < 4.78 is 0. The van der Waals surface area contributed by atoms with Crippen LogP contribution in [0.25, 0.3) is 0 Å². The number of carbonyl (C=O) groups excluding carboxylic acids is 3. The van der Waals surface area contributed by atoms with E-state index in [0.717, 1.165) is 6.07 Å². The zero-order valence-electron chi connectivity index (χ0n) is 12.7. The number of carbonyl (C=O) groups is 3. The minimum absolute atomic E-state index is 0.150. The summed E-state index contributed by atoms with van der Waals surface area (Å²) in [5.74, 6) is -3.49. The second-order valence-electron chi connectivity index (χ2n) is 5.46. The predicted octanol–water partition coefficient (Wildman–Crippen LogP) is 0.552. The van der Waals surface area contributed by atoms with Crippen LogP contribution in [0.1, 0.15) is 26.3 Å². The molecule has 1 heterocycles. The highest BCUT2D eigenvalue weighted by Crippen LogP contribution is 2.32. The molecule has 0 radical (unpaired) electrons. The van der Waals surface area contributed by atoms with Gasteiger partial charge in [-0.3, -0.25) is 24.6 Å². The first-order chi connectivity index (χ1) is 11.9. The third-order valence-corrected chi connectivity index (χ3v) is 3.98. The Morgan fingerprint density at radius 2 is 1.72 bits per heavy atom. The van der Waals surface area contributed by atoms with Crippen molar-refractivity contribution in [2.45, 2.75) is 12.5 Å². The maximum absolute atomic E-state index is 12.6. The third kappa shape index (κ3) is 2.74. The number of carboxylic acids is 1. The van der Waals surface area contributed by atoms with Gasteiger partial charge in [0.05, 0.1) is 22.5 Å². The van der Waals surface area contributed by atoms with Crippen LogP contribution in [0.2, 0.25) is 0 Å². The number of hydrogen-bond acceptors (Lipinski definition) is 6. The van der Waals surface area contributed by atoms with Crippen molar-refractivity contribution in [3.05, 3.63) is 75.3 Å². The Morgan fingerprint density at radius 3 is 2.32 bits per heavy atom. The van der Waals surface area contributed by atoms with Gasteiger partial charge < -0.3 is 9.90 Å². The molecule has 0 spiro atoms. The van der Waals surface area contributed by atoms with Gasteiger partial charge in [-0.05, 0) is 18.1 Å². The molecule has 1 unspecified atom stereocenters. The molecule has 1 atom stereocenters. The fraction of sp³-hybridized carbons (Fsp3) is 0.118. The van der Waals surface area contributed by atoms with E-state index in [-0.39, 0.29) is 12.0 Å². The number of imide groups is 1. The summed E-state index contributed by atoms with van der Waals surface area (Å²) in [4.78, 5) is 47.5. The number of carboxylic acid groups (broad SMARTS) is 1. The van der Waals surface area contributed by atoms with E-state index in [1.807, 2.05) is 0 Å². The number of hydrogen-bond donors (Lipinski definition) is 0. The monoisotopic (exact) mass is 339 g/mol. The van der Waals surface area contributed by atoms with Crippen LogP contribution >= 0.6 is 0 Å². The number of amides is 2. The molecule has 0 fully saturated rings. The largest absolute Gasteiger partial charge is 0.548 e. The summed E-state index contributed by atoms with van der Waals surface area (Å²) in [6, 6.07) is 10.5. The summed E-state index contributed by atoms with van der Waals surface area (Å²) in [6.07, 6.45) is -0.150. The summed E-state index contributed by atoms with van der Waals surface area (Å²) in [7, 11) is 0. The molecule has 0 saturated carbocycles. The minimum Gasteiger partial charge on any atom is -0.548 e. The van der Waals surface area contributed by atoms with E-state index in [0.29, 0.717) is 10.5 Å². The molecule has 2 aromatic rings. The van der Waals surface area contributed by atoms with Gasteiger partial charge in [0.2, 0.25) is 0 Å². The summed E-state index contributed by atoms with van der Waals surface area (Å²) in [5, 5.41) is 22.7. The third-order valence-electron chi connectivity index (χ3n) is 3.98. The van der Waals surface area contributed by atoms with Crippen molar-refractivity contribution in [3.63, 3.8) is 0 Å². The van der Waals surface area contributed by atoms with Crippen molar-refractivity contribution < 1.29 is 24.4 Å². The lowest BCUT2D eigenvalue weighted by Crippen LogP contribution is -2.51. The first-order valence-electron chi connectivity index (χ1n) is 7.32. The lowest BCUT2D eigenvalue weighted by atomic mass is 10.0. The van der Waals surface area contributed by atoms with E-state index in [4.69, 9.17) is 0 Å². The fourth-order valence-corrected chi connectivity index (χ4v) is 2.84. The maximum atomic E-state index is 12.6. The van der Waals surface area contributed by atoms with Crippen molar-refractivity contribution in [1.29, 1.82) is 0 Å². The van der Waals surface area contributed by atoms with Gasteiger partial charge in [0.15, 0.2) is 0 Å². The number of rotatable bonds is 5. The molecular weight excluding hydrogens is 328 g/mol. The van der Waals surface area contributed by atoms with Crippen molar-refractivity contribution >= 4 is 23.5 Å². The molecule has 0 aromatic heterocycles. The van der Waals surface area contributed by atoms with Crippen molar-refractivity contribution in [2.24, 2.45) is 0 Å². The van der Waals surface area contributed by atoms with Crippen LogP contribution in [0.5, 0.6) is 0 Å². The van der Waals surface area contributed by atoms with E-state index in [2.05, 4.69) is 0 Å². The van der Waals surface area contributed by atoms with Gasteiger partial charge >= 0.3 is 0 Å². The smallest absolute Gasteiger partial charge is 0.282 e. The van der Waals surface area contributed by atoms with Gasteiger partial charge in [-0.25, -0.2) is 0 Å². The average Bonchev–Trinajstić information content (AvgIpc) is 2.85. The van der Waals surface area contributed by atoms with Crippen molar-refractivity contribution in [2.75, 3.05) is 0 Å². The standard InChI is InChI=1S/C17H12N2O6/c20-15-11-7-4-8-12(19(24)25)14(11)16(21)18(15)13(17(22)23)9-10-5-2-1-3-6-10/h1-8,13H,9H2,(H,22,23)/p-1. The molecule has 0 bridgehead atoms. The zero-order chi connectivity index (χ0) is 18.1. The highest BCUT2D eigenvalue weighted by Gasteiger charge is 2.44. The molecule has 1 aliphatic heterocycles. The molecule has 8 nitrogen and oxygen atoms in total. The lowest BCUT2D eigenvalue weighted by Gasteiger charge is -2.27. The van der Waals surface area contributed by atoms with Crippen LogP contribution < -0.4 is 5.11 Å². The average molecular weight is 339 g/mol. The Kier molecular flexibility index (Phi) is 4.02. The van der Waals surface area contributed by atoms with Gasteiger partial charge in [0.25, 0.3) is 17.5 Å². The van der Waals surface area contributed by atoms with E-state index in [1.54, 1.807) is 30.3 Å². The van der Waals surface area contributed by atoms with E-state index < -0.39 is 40.0 Å². The van der Waals surface area contributed by atoms with Gasteiger partial charge in [0.1, 0.15) is 5.56 Å². The van der Waals surface area contributed by atoms with Crippen LogP contribution in [0.4, 0.5) is 5.69 Å². The van der Waals surface area contributed by atoms with Crippen LogP contribution in [-0.4, -0.2) is 33.6 Å². The van der Waals surface area contributed by atoms with Crippen LogP contribution in [0.3, 0.4) is 0 Å². The predicted molar refractivity (Wildman–Crippen MR) is 82.5 cm³/mol. The van der Waals surface area contributed by atoms with E-state index in [1.165, 1.54) is 12.1 Å². The summed E-state index contributed by atoms with van der Waals surface area (Å²) in [5.41, 5.74) is -0.520. The minimum atomic E-state index is -1.61. The highest BCUT2D eigenvalue weighted by molar-refractivity contribution is 6.24. The normalized spacial score (nSPS) is 14.3. The molecule has 2 aromatic carbocycles. The fourth-order valence-electron chi connectivity index (χ4n) is 2.84. The second-order valence-corrected chi connectivity index (χ2v) is 5.46. The highest BCUT2D eigenvalue weighted by atomic mass is 16.6. The Balaban J connectivity index is 2.03. The quantitative estimate of drug-likeness (QED) is 0.445. The molecule has 0 saturated heterocycles.